The lowest BCUT2D eigenvalue weighted by Gasteiger charge is -2.35. The summed E-state index contributed by atoms with van der Waals surface area (Å²) in [6.07, 6.45) is -4.21. The van der Waals surface area contributed by atoms with Gasteiger partial charge in [0.25, 0.3) is 23.2 Å². The van der Waals surface area contributed by atoms with Crippen molar-refractivity contribution >= 4 is 47.1 Å². The van der Waals surface area contributed by atoms with Gasteiger partial charge in [-0.15, -0.1) is 0 Å². The van der Waals surface area contributed by atoms with Crippen LogP contribution in [0.1, 0.15) is 106 Å². The fourth-order valence-corrected chi connectivity index (χ4v) is 8.71. The number of nitro groups is 2. The summed E-state index contributed by atoms with van der Waals surface area (Å²) in [5.74, 6) is -4.80. The van der Waals surface area contributed by atoms with Crippen LogP contribution >= 0.6 is 0 Å². The van der Waals surface area contributed by atoms with Crippen LogP contribution in [-0.2, 0) is 60.6 Å². The van der Waals surface area contributed by atoms with Gasteiger partial charge in [-0.05, 0) is 88.4 Å². The predicted molar refractivity (Wildman–Crippen MR) is 268 cm³/mol. The number of non-ortho nitro benzene ring substituents is 2. The second-order valence-electron chi connectivity index (χ2n) is 21.0. The summed E-state index contributed by atoms with van der Waals surface area (Å²) in [6.45, 7) is 18.4. The summed E-state index contributed by atoms with van der Waals surface area (Å²) in [5.41, 5.74) is 0.555. The van der Waals surface area contributed by atoms with Crippen LogP contribution in [0, 0.1) is 43.9 Å². The molecular weight excluding hydrogens is 933 g/mol. The molecule has 2 amide bonds. The van der Waals surface area contributed by atoms with E-state index in [0.29, 0.717) is 11.1 Å². The predicted octanol–water partition coefficient (Wildman–Crippen LogP) is 6.43. The molecule has 0 spiro atoms. The molecule has 1 fully saturated rings. The Hall–Kier alpha value is -6.02. The van der Waals surface area contributed by atoms with Gasteiger partial charge in [0.2, 0.25) is 0 Å². The van der Waals surface area contributed by atoms with Crippen LogP contribution in [0.2, 0.25) is 0 Å². The molecule has 400 valence electrons. The van der Waals surface area contributed by atoms with Gasteiger partial charge >= 0.3 is 23.9 Å². The maximum Gasteiger partial charge on any atom is 0.329 e. The molecule has 0 N–H and O–H groups in total. The topological polar surface area (TPSA) is 239 Å². The molecular formula is C52H78N6O14. The van der Waals surface area contributed by atoms with Gasteiger partial charge in [-0.25, -0.2) is 9.59 Å². The largest absolute Gasteiger partial charge is 0.460 e. The normalized spacial score (nSPS) is 24.8. The lowest BCUT2D eigenvalue weighted by Crippen LogP contribution is -2.53. The van der Waals surface area contributed by atoms with E-state index in [2.05, 4.69) is 0 Å². The van der Waals surface area contributed by atoms with Crippen molar-refractivity contribution in [3.63, 3.8) is 0 Å². The first kappa shape index (κ1) is 60.3. The number of ether oxygens (including phenoxy) is 4. The van der Waals surface area contributed by atoms with Gasteiger partial charge in [0.05, 0.1) is 9.85 Å². The summed E-state index contributed by atoms with van der Waals surface area (Å²) in [7, 11) is 6.16. The van der Waals surface area contributed by atoms with E-state index in [1.807, 2.05) is 55.4 Å². The van der Waals surface area contributed by atoms with Crippen molar-refractivity contribution in [1.29, 1.82) is 0 Å². The molecule has 20 heteroatoms. The molecule has 20 nitrogen and oxygen atoms in total. The lowest BCUT2D eigenvalue weighted by atomic mass is 10.00. The highest BCUT2D eigenvalue weighted by Gasteiger charge is 2.41. The molecule has 8 atom stereocenters. The number of rotatable bonds is 14. The van der Waals surface area contributed by atoms with Crippen LogP contribution < -0.4 is 0 Å². The monoisotopic (exact) mass is 1010 g/mol. The highest BCUT2D eigenvalue weighted by Crippen LogP contribution is 2.25. The number of esters is 4. The molecule has 0 saturated carbocycles. The van der Waals surface area contributed by atoms with Crippen LogP contribution in [0.4, 0.5) is 11.4 Å². The van der Waals surface area contributed by atoms with Gasteiger partial charge in [-0.3, -0.25) is 49.2 Å². The smallest absolute Gasteiger partial charge is 0.329 e. The van der Waals surface area contributed by atoms with E-state index < -0.39 is 94.1 Å². The summed E-state index contributed by atoms with van der Waals surface area (Å²) < 4.78 is 24.3. The van der Waals surface area contributed by atoms with Crippen LogP contribution in [0.5, 0.6) is 0 Å². The zero-order chi connectivity index (χ0) is 54.3. The third-order valence-electron chi connectivity index (χ3n) is 12.5. The van der Waals surface area contributed by atoms with Gasteiger partial charge in [0, 0.05) is 64.3 Å². The first-order chi connectivity index (χ1) is 33.6. The second-order valence-corrected chi connectivity index (χ2v) is 21.0. The van der Waals surface area contributed by atoms with Crippen molar-refractivity contribution in [2.45, 2.75) is 156 Å². The summed E-state index contributed by atoms with van der Waals surface area (Å²) >= 11 is 0. The summed E-state index contributed by atoms with van der Waals surface area (Å²) in [4.78, 5) is 114. The summed E-state index contributed by atoms with van der Waals surface area (Å²) in [6, 6.07) is 6.77. The van der Waals surface area contributed by atoms with Crippen molar-refractivity contribution in [3.05, 3.63) is 79.9 Å². The number of likely N-dealkylation sites (N-methyl/N-ethyl adjacent to an activating group) is 4. The summed E-state index contributed by atoms with van der Waals surface area (Å²) in [5, 5.41) is 23.0. The molecule has 0 aromatic heterocycles. The molecule has 0 radical (unpaired) electrons. The highest BCUT2D eigenvalue weighted by molar-refractivity contribution is 5.90. The zero-order valence-corrected chi connectivity index (χ0v) is 44.6. The van der Waals surface area contributed by atoms with Crippen LogP contribution in [-0.4, -0.2) is 155 Å². The molecule has 1 aliphatic rings. The molecule has 3 rings (SSSR count). The third-order valence-corrected chi connectivity index (χ3v) is 12.5. The molecule has 1 heterocycles. The first-order valence-electron chi connectivity index (χ1n) is 24.8. The second kappa shape index (κ2) is 27.7. The van der Waals surface area contributed by atoms with E-state index in [0.717, 1.165) is 0 Å². The number of cyclic esters (lactones) is 4. The number of hydrogen-bond acceptors (Lipinski definition) is 16. The Kier molecular flexibility index (Phi) is 23.2. The fourth-order valence-electron chi connectivity index (χ4n) is 8.71. The zero-order valence-electron chi connectivity index (χ0n) is 44.6. The average molecular weight is 1010 g/mol. The Balaban J connectivity index is 2.21. The Morgan fingerprint density at radius 1 is 0.472 bits per heavy atom. The lowest BCUT2D eigenvalue weighted by molar-refractivity contribution is -0.385. The molecule has 2 aromatic carbocycles. The third kappa shape index (κ3) is 18.2. The van der Waals surface area contributed by atoms with E-state index in [1.165, 1.54) is 72.4 Å². The number of nitrogens with zero attached hydrogens (tertiary/aromatic N) is 6. The maximum absolute atomic E-state index is 14.7. The Bertz CT molecular complexity index is 2020. The Labute approximate surface area is 424 Å². The maximum atomic E-state index is 14.7. The molecule has 1 aliphatic heterocycles. The highest BCUT2D eigenvalue weighted by atomic mass is 16.6. The van der Waals surface area contributed by atoms with Gasteiger partial charge < -0.3 is 28.7 Å². The number of amides is 2. The number of hydrogen-bond donors (Lipinski definition) is 0. The minimum atomic E-state index is -1.49. The SMILES string of the molecule is CC(C)CC1C(=O)OC(Cc2ccc([N+](=O)[O-])cc2)C(=O)N(C)C(CC(C)C)C(=O)OC(C)CN(C)C(CC(C)C)C(=O)OC(Cc2ccc([N+](=O)[O-])cc2)C(=O)N(C)C(CC(C)C)C(=O)OC(C)CN1C. The van der Waals surface area contributed by atoms with Crippen LogP contribution in [0.25, 0.3) is 0 Å². The molecule has 2 aromatic rings. The number of benzene rings is 2. The van der Waals surface area contributed by atoms with Crippen molar-refractivity contribution < 1.29 is 57.6 Å². The van der Waals surface area contributed by atoms with E-state index in [9.17, 15) is 49.0 Å². The Morgan fingerprint density at radius 2 is 0.736 bits per heavy atom. The fraction of sp³-hybridized carbons (Fsp3) is 0.654. The standard InChI is InChI=1S/C52H78N6O14/c1-31(2)23-41-49(61)71-45(27-37-15-19-39(20-16-37)57(65)66)47(59)55(13)44(26-34(7)8)52(64)70-36(10)30-54(12)42(24-32(3)4)50(62)72-46(28-38-17-21-40(22-18-38)58(67)68)48(60)56(14)43(25-33(5)6)51(63)69-35(9)29-53(41)11/h15-22,31-36,41-46H,23-30H2,1-14H3. The number of nitro benzene ring substituents is 2. The molecule has 8 unspecified atom stereocenters. The van der Waals surface area contributed by atoms with E-state index in [4.69, 9.17) is 18.9 Å². The van der Waals surface area contributed by atoms with E-state index in [1.54, 1.807) is 37.7 Å². The quantitative estimate of drug-likeness (QED) is 0.0858. The van der Waals surface area contributed by atoms with Crippen molar-refractivity contribution in [2.24, 2.45) is 23.7 Å². The van der Waals surface area contributed by atoms with Gasteiger partial charge in [-0.2, -0.15) is 0 Å². The molecule has 0 bridgehead atoms. The van der Waals surface area contributed by atoms with Gasteiger partial charge in [0.15, 0.2) is 12.2 Å². The van der Waals surface area contributed by atoms with Gasteiger partial charge in [0.1, 0.15) is 36.4 Å². The number of carbonyl (C=O) groups excluding carboxylic acids is 6. The average Bonchev–Trinajstić information content (AvgIpc) is 3.28. The molecule has 0 aliphatic carbocycles. The Morgan fingerprint density at radius 3 is 1.00 bits per heavy atom. The van der Waals surface area contributed by atoms with E-state index >= 15 is 0 Å². The van der Waals surface area contributed by atoms with Crippen LogP contribution in [0.3, 0.4) is 0 Å². The number of carbonyl (C=O) groups is 6. The van der Waals surface area contributed by atoms with E-state index in [-0.39, 0.29) is 86.7 Å². The minimum absolute atomic E-state index is 0.0107. The van der Waals surface area contributed by atoms with Gasteiger partial charge in [-0.1, -0.05) is 79.7 Å². The van der Waals surface area contributed by atoms with Crippen LogP contribution in [0.15, 0.2) is 48.5 Å². The first-order valence-corrected chi connectivity index (χ1v) is 24.8. The van der Waals surface area contributed by atoms with Crippen molar-refractivity contribution in [3.8, 4) is 0 Å². The molecule has 1 saturated heterocycles. The molecule has 72 heavy (non-hydrogen) atoms. The van der Waals surface area contributed by atoms with Crippen molar-refractivity contribution in [2.75, 3.05) is 41.3 Å². The van der Waals surface area contributed by atoms with Crippen molar-refractivity contribution in [1.82, 2.24) is 19.6 Å². The minimum Gasteiger partial charge on any atom is -0.460 e.